The molecule has 2 aromatic carbocycles. The van der Waals surface area contributed by atoms with Crippen molar-refractivity contribution in [1.82, 2.24) is 5.32 Å². The molecule has 5 heteroatoms. The fraction of sp³-hybridized carbons (Fsp3) is 0.188. The summed E-state index contributed by atoms with van der Waals surface area (Å²) in [6.07, 6.45) is 0.629. The van der Waals surface area contributed by atoms with Gasteiger partial charge in [0.25, 0.3) is 0 Å². The third-order valence-corrected chi connectivity index (χ3v) is 3.47. The summed E-state index contributed by atoms with van der Waals surface area (Å²) in [6, 6.07) is 11.8. The van der Waals surface area contributed by atoms with Crippen molar-refractivity contribution >= 4 is 23.2 Å². The van der Waals surface area contributed by atoms with E-state index in [0.29, 0.717) is 18.7 Å². The van der Waals surface area contributed by atoms with Crippen molar-refractivity contribution in [2.75, 3.05) is 12.3 Å². The number of halogens is 2. The molecule has 0 saturated heterocycles. The molecule has 3 nitrogen and oxygen atoms in total. The summed E-state index contributed by atoms with van der Waals surface area (Å²) in [4.78, 5) is 11.8. The van der Waals surface area contributed by atoms with Crippen LogP contribution in [-0.2, 0) is 17.6 Å². The Kier molecular flexibility index (Phi) is 5.17. The van der Waals surface area contributed by atoms with E-state index in [2.05, 4.69) is 5.32 Å². The molecular weight excluding hydrogens is 291 g/mol. The minimum Gasteiger partial charge on any atom is -0.399 e. The second-order valence-electron chi connectivity index (χ2n) is 4.72. The highest BCUT2D eigenvalue weighted by Gasteiger charge is 2.11. The first-order chi connectivity index (χ1) is 10.1. The molecule has 1 amide bonds. The molecule has 0 spiro atoms. The Bertz CT molecular complexity index is 608. The number of rotatable bonds is 5. The zero-order valence-electron chi connectivity index (χ0n) is 11.4. The van der Waals surface area contributed by atoms with Gasteiger partial charge in [0.1, 0.15) is 5.82 Å². The van der Waals surface area contributed by atoms with Gasteiger partial charge in [0, 0.05) is 22.8 Å². The van der Waals surface area contributed by atoms with Gasteiger partial charge in [-0.25, -0.2) is 4.39 Å². The van der Waals surface area contributed by atoms with Gasteiger partial charge in [-0.1, -0.05) is 29.8 Å². The van der Waals surface area contributed by atoms with Crippen LogP contribution in [0, 0.1) is 5.82 Å². The van der Waals surface area contributed by atoms with E-state index in [9.17, 15) is 9.18 Å². The number of carbonyl (C=O) groups is 1. The summed E-state index contributed by atoms with van der Waals surface area (Å²) < 4.78 is 13.6. The van der Waals surface area contributed by atoms with Crippen LogP contribution in [0.3, 0.4) is 0 Å². The Morgan fingerprint density at radius 3 is 2.57 bits per heavy atom. The number of nitrogen functional groups attached to an aromatic ring is 1. The zero-order chi connectivity index (χ0) is 15.2. The van der Waals surface area contributed by atoms with Gasteiger partial charge in [0.05, 0.1) is 6.42 Å². The number of hydrogen-bond donors (Lipinski definition) is 2. The Hall–Kier alpha value is -2.07. The molecule has 0 radical (unpaired) electrons. The third-order valence-electron chi connectivity index (χ3n) is 3.11. The molecule has 3 N–H and O–H groups in total. The van der Waals surface area contributed by atoms with Crippen molar-refractivity contribution in [3.63, 3.8) is 0 Å². The summed E-state index contributed by atoms with van der Waals surface area (Å²) in [5.74, 6) is -0.714. The summed E-state index contributed by atoms with van der Waals surface area (Å²) in [5, 5.41) is 3.02. The van der Waals surface area contributed by atoms with Crippen molar-refractivity contribution in [2.45, 2.75) is 12.8 Å². The number of nitrogens with one attached hydrogen (secondary N) is 1. The largest absolute Gasteiger partial charge is 0.399 e. The molecule has 0 atom stereocenters. The topological polar surface area (TPSA) is 55.1 Å². The molecule has 0 fully saturated rings. The molecule has 0 bridgehead atoms. The maximum atomic E-state index is 13.6. The Morgan fingerprint density at radius 2 is 1.90 bits per heavy atom. The average Bonchev–Trinajstić information content (AvgIpc) is 2.45. The van der Waals surface area contributed by atoms with E-state index in [-0.39, 0.29) is 22.9 Å². The van der Waals surface area contributed by atoms with Gasteiger partial charge in [-0.2, -0.15) is 0 Å². The molecule has 0 unspecified atom stereocenters. The number of nitrogens with two attached hydrogens (primary N) is 1. The zero-order valence-corrected chi connectivity index (χ0v) is 12.2. The monoisotopic (exact) mass is 306 g/mol. The summed E-state index contributed by atoms with van der Waals surface area (Å²) in [7, 11) is 0. The lowest BCUT2D eigenvalue weighted by Gasteiger charge is -2.08. The maximum absolute atomic E-state index is 13.6. The lowest BCUT2D eigenvalue weighted by molar-refractivity contribution is -0.120. The molecule has 0 aliphatic rings. The number of carbonyl (C=O) groups excluding carboxylic acids is 1. The predicted octanol–water partition coefficient (Wildman–Crippen LogP) is 2.96. The molecule has 0 saturated carbocycles. The Morgan fingerprint density at radius 1 is 1.19 bits per heavy atom. The standard InChI is InChI=1S/C16H16ClFN2O/c17-14-2-1-3-15(18)13(14)10-16(21)20-9-8-11-4-6-12(19)7-5-11/h1-7H,8-10,19H2,(H,20,21). The van der Waals surface area contributed by atoms with Crippen LogP contribution >= 0.6 is 11.6 Å². The second-order valence-corrected chi connectivity index (χ2v) is 5.13. The number of benzene rings is 2. The fourth-order valence-corrected chi connectivity index (χ4v) is 2.18. The van der Waals surface area contributed by atoms with Gasteiger partial charge < -0.3 is 11.1 Å². The molecule has 2 rings (SSSR count). The van der Waals surface area contributed by atoms with Gasteiger partial charge in [-0.05, 0) is 36.2 Å². The molecule has 2 aromatic rings. The summed E-state index contributed by atoms with van der Waals surface area (Å²) in [6.45, 7) is 0.481. The SMILES string of the molecule is Nc1ccc(CCNC(=O)Cc2c(F)cccc2Cl)cc1. The minimum absolute atomic E-state index is 0.0623. The molecule has 21 heavy (non-hydrogen) atoms. The summed E-state index contributed by atoms with van der Waals surface area (Å²) in [5.41, 5.74) is 7.61. The lowest BCUT2D eigenvalue weighted by Crippen LogP contribution is -2.27. The van der Waals surface area contributed by atoms with Crippen LogP contribution in [0.2, 0.25) is 5.02 Å². The Labute approximate surface area is 127 Å². The van der Waals surface area contributed by atoms with Crippen LogP contribution in [0.15, 0.2) is 42.5 Å². The van der Waals surface area contributed by atoms with E-state index in [1.807, 2.05) is 24.3 Å². The van der Waals surface area contributed by atoms with E-state index in [1.165, 1.54) is 12.1 Å². The van der Waals surface area contributed by atoms with Gasteiger partial charge in [0.15, 0.2) is 0 Å². The van der Waals surface area contributed by atoms with E-state index in [0.717, 1.165) is 5.56 Å². The fourth-order valence-electron chi connectivity index (χ4n) is 1.95. The molecule has 0 aromatic heterocycles. The van der Waals surface area contributed by atoms with Gasteiger partial charge in [0.2, 0.25) is 5.91 Å². The van der Waals surface area contributed by atoms with Crippen LogP contribution in [0.25, 0.3) is 0 Å². The van der Waals surface area contributed by atoms with Crippen molar-refractivity contribution in [3.05, 3.63) is 64.4 Å². The second kappa shape index (κ2) is 7.09. The minimum atomic E-state index is -0.462. The van der Waals surface area contributed by atoms with Gasteiger partial charge in [-0.15, -0.1) is 0 Å². The number of hydrogen-bond acceptors (Lipinski definition) is 2. The van der Waals surface area contributed by atoms with Gasteiger partial charge >= 0.3 is 0 Å². The van der Waals surface area contributed by atoms with E-state index in [4.69, 9.17) is 17.3 Å². The normalized spacial score (nSPS) is 10.4. The number of anilines is 1. The van der Waals surface area contributed by atoms with Crippen LogP contribution in [0.4, 0.5) is 10.1 Å². The first-order valence-electron chi connectivity index (χ1n) is 6.60. The highest BCUT2D eigenvalue weighted by Crippen LogP contribution is 2.19. The number of amides is 1. The van der Waals surface area contributed by atoms with Crippen LogP contribution in [0.1, 0.15) is 11.1 Å². The van der Waals surface area contributed by atoms with Crippen LogP contribution in [-0.4, -0.2) is 12.5 Å². The smallest absolute Gasteiger partial charge is 0.224 e. The highest BCUT2D eigenvalue weighted by molar-refractivity contribution is 6.31. The first kappa shape index (κ1) is 15.3. The lowest BCUT2D eigenvalue weighted by atomic mass is 10.1. The van der Waals surface area contributed by atoms with Crippen molar-refractivity contribution in [3.8, 4) is 0 Å². The van der Waals surface area contributed by atoms with Crippen molar-refractivity contribution < 1.29 is 9.18 Å². The quantitative estimate of drug-likeness (QED) is 0.834. The first-order valence-corrected chi connectivity index (χ1v) is 6.98. The molecule has 0 aliphatic heterocycles. The molecular formula is C16H16ClFN2O. The van der Waals surface area contributed by atoms with E-state index in [1.54, 1.807) is 6.07 Å². The molecule has 0 heterocycles. The van der Waals surface area contributed by atoms with Crippen molar-refractivity contribution in [2.24, 2.45) is 0 Å². The van der Waals surface area contributed by atoms with Crippen LogP contribution < -0.4 is 11.1 Å². The van der Waals surface area contributed by atoms with E-state index < -0.39 is 5.82 Å². The predicted molar refractivity (Wildman–Crippen MR) is 82.7 cm³/mol. The van der Waals surface area contributed by atoms with E-state index >= 15 is 0 Å². The molecule has 110 valence electrons. The third kappa shape index (κ3) is 4.46. The summed E-state index contributed by atoms with van der Waals surface area (Å²) >= 11 is 5.89. The van der Waals surface area contributed by atoms with Crippen molar-refractivity contribution in [1.29, 1.82) is 0 Å². The van der Waals surface area contributed by atoms with Gasteiger partial charge in [-0.3, -0.25) is 4.79 Å². The Balaban J connectivity index is 1.84. The average molecular weight is 307 g/mol. The maximum Gasteiger partial charge on any atom is 0.224 e. The highest BCUT2D eigenvalue weighted by atomic mass is 35.5. The van der Waals surface area contributed by atoms with Crippen LogP contribution in [0.5, 0.6) is 0 Å². The molecule has 0 aliphatic carbocycles.